The molecule has 0 bridgehead atoms. The fourth-order valence-electron chi connectivity index (χ4n) is 1.53. The second kappa shape index (κ2) is 3.96. The number of carbonyl (C=O) groups is 1. The molecule has 1 rings (SSSR count). The molecule has 0 aromatic carbocycles. The standard InChI is InChI=1S/C10H10N2O3/c1-3-6-5(2)12-9(13)8(10(14)15)7(6)4-11/h3H2,1-2H3,(H,12,13)(H,14,15). The normalized spacial score (nSPS) is 9.67. The number of nitriles is 1. The molecule has 15 heavy (non-hydrogen) atoms. The summed E-state index contributed by atoms with van der Waals surface area (Å²) < 4.78 is 0. The number of aromatic nitrogens is 1. The predicted octanol–water partition coefficient (Wildman–Crippen LogP) is 0.816. The van der Waals surface area contributed by atoms with Gasteiger partial charge in [-0.2, -0.15) is 5.26 Å². The first-order valence-electron chi connectivity index (χ1n) is 4.42. The van der Waals surface area contributed by atoms with E-state index in [0.29, 0.717) is 17.7 Å². The summed E-state index contributed by atoms with van der Waals surface area (Å²) in [6.07, 6.45) is 0.506. The van der Waals surface area contributed by atoms with E-state index in [1.807, 2.05) is 0 Å². The maximum Gasteiger partial charge on any atom is 0.342 e. The number of aromatic amines is 1. The average Bonchev–Trinajstić information content (AvgIpc) is 2.15. The molecule has 0 amide bonds. The molecule has 0 saturated carbocycles. The Morgan fingerprint density at radius 3 is 2.60 bits per heavy atom. The number of carboxylic acid groups (broad SMARTS) is 1. The molecule has 0 aliphatic heterocycles. The van der Waals surface area contributed by atoms with Crippen LogP contribution in [0.2, 0.25) is 0 Å². The fourth-order valence-corrected chi connectivity index (χ4v) is 1.53. The van der Waals surface area contributed by atoms with Gasteiger partial charge >= 0.3 is 5.97 Å². The lowest BCUT2D eigenvalue weighted by Gasteiger charge is -2.07. The van der Waals surface area contributed by atoms with Crippen LogP contribution in [0.3, 0.4) is 0 Å². The van der Waals surface area contributed by atoms with Crippen molar-refractivity contribution in [2.75, 3.05) is 0 Å². The van der Waals surface area contributed by atoms with Crippen molar-refractivity contribution < 1.29 is 9.90 Å². The molecule has 5 nitrogen and oxygen atoms in total. The molecule has 0 spiro atoms. The van der Waals surface area contributed by atoms with Crippen LogP contribution >= 0.6 is 0 Å². The first-order valence-corrected chi connectivity index (χ1v) is 4.42. The van der Waals surface area contributed by atoms with Crippen molar-refractivity contribution in [2.24, 2.45) is 0 Å². The number of rotatable bonds is 2. The molecule has 0 unspecified atom stereocenters. The SMILES string of the molecule is CCc1c(C)[nH]c(=O)c(C(=O)O)c1C#N. The average molecular weight is 206 g/mol. The largest absolute Gasteiger partial charge is 0.477 e. The van der Waals surface area contributed by atoms with Crippen LogP contribution in [0, 0.1) is 18.3 Å². The lowest BCUT2D eigenvalue weighted by atomic mass is 10.0. The quantitative estimate of drug-likeness (QED) is 0.748. The molecule has 1 heterocycles. The summed E-state index contributed by atoms with van der Waals surface area (Å²) in [5.41, 5.74) is -0.112. The first-order chi connectivity index (χ1) is 7.02. The van der Waals surface area contributed by atoms with Crippen LogP contribution in [0.25, 0.3) is 0 Å². The van der Waals surface area contributed by atoms with Crippen LogP contribution in [0.5, 0.6) is 0 Å². The van der Waals surface area contributed by atoms with E-state index in [-0.39, 0.29) is 5.56 Å². The lowest BCUT2D eigenvalue weighted by Crippen LogP contribution is -2.22. The van der Waals surface area contributed by atoms with E-state index in [0.717, 1.165) is 0 Å². The molecule has 0 atom stereocenters. The van der Waals surface area contributed by atoms with Crippen molar-refractivity contribution in [3.63, 3.8) is 0 Å². The minimum Gasteiger partial charge on any atom is -0.477 e. The number of hydrogen-bond donors (Lipinski definition) is 2. The molecule has 5 heteroatoms. The minimum atomic E-state index is -1.37. The zero-order valence-corrected chi connectivity index (χ0v) is 8.42. The zero-order chi connectivity index (χ0) is 11.6. The molecule has 0 fully saturated rings. The third-order valence-electron chi connectivity index (χ3n) is 2.21. The van der Waals surface area contributed by atoms with Crippen LogP contribution in [0.4, 0.5) is 0 Å². The number of nitrogens with one attached hydrogen (secondary N) is 1. The van der Waals surface area contributed by atoms with Gasteiger partial charge in [-0.05, 0) is 18.9 Å². The zero-order valence-electron chi connectivity index (χ0n) is 8.42. The van der Waals surface area contributed by atoms with Crippen molar-refractivity contribution in [3.8, 4) is 6.07 Å². The summed E-state index contributed by atoms with van der Waals surface area (Å²) in [5.74, 6) is -1.37. The van der Waals surface area contributed by atoms with Crippen molar-refractivity contribution in [1.82, 2.24) is 4.98 Å². The van der Waals surface area contributed by atoms with E-state index < -0.39 is 17.1 Å². The topological polar surface area (TPSA) is 93.9 Å². The summed E-state index contributed by atoms with van der Waals surface area (Å²) in [5, 5.41) is 17.7. The number of aromatic carboxylic acids is 1. The van der Waals surface area contributed by atoms with Gasteiger partial charge in [0.2, 0.25) is 0 Å². The maximum atomic E-state index is 11.3. The molecular weight excluding hydrogens is 196 g/mol. The van der Waals surface area contributed by atoms with Gasteiger partial charge in [0, 0.05) is 5.69 Å². The van der Waals surface area contributed by atoms with Crippen LogP contribution in [0.1, 0.15) is 34.1 Å². The van der Waals surface area contributed by atoms with E-state index in [1.54, 1.807) is 19.9 Å². The Morgan fingerprint density at radius 1 is 1.60 bits per heavy atom. The van der Waals surface area contributed by atoms with Gasteiger partial charge in [0.1, 0.15) is 11.6 Å². The molecule has 2 N–H and O–H groups in total. The Kier molecular flexibility index (Phi) is 2.90. The van der Waals surface area contributed by atoms with Crippen molar-refractivity contribution >= 4 is 5.97 Å². The van der Waals surface area contributed by atoms with Crippen molar-refractivity contribution in [3.05, 3.63) is 32.7 Å². The van der Waals surface area contributed by atoms with Gasteiger partial charge in [-0.3, -0.25) is 4.79 Å². The summed E-state index contributed by atoms with van der Waals surface area (Å²) in [4.78, 5) is 24.6. The van der Waals surface area contributed by atoms with Crippen molar-refractivity contribution in [1.29, 1.82) is 5.26 Å². The summed E-state index contributed by atoms with van der Waals surface area (Å²) in [7, 11) is 0. The first kappa shape index (κ1) is 11.0. The highest BCUT2D eigenvalue weighted by Gasteiger charge is 2.19. The maximum absolute atomic E-state index is 11.3. The molecule has 0 aliphatic carbocycles. The Labute approximate surface area is 86.0 Å². The van der Waals surface area contributed by atoms with Crippen LogP contribution in [0.15, 0.2) is 4.79 Å². The number of carboxylic acids is 1. The van der Waals surface area contributed by atoms with Crippen LogP contribution in [-0.4, -0.2) is 16.1 Å². The van der Waals surface area contributed by atoms with Crippen LogP contribution < -0.4 is 5.56 Å². The predicted molar refractivity (Wildman–Crippen MR) is 52.9 cm³/mol. The van der Waals surface area contributed by atoms with Gasteiger partial charge in [0.05, 0.1) is 5.56 Å². The van der Waals surface area contributed by atoms with Gasteiger partial charge in [-0.25, -0.2) is 4.79 Å². The van der Waals surface area contributed by atoms with Gasteiger partial charge in [-0.15, -0.1) is 0 Å². The third kappa shape index (κ3) is 1.74. The van der Waals surface area contributed by atoms with Gasteiger partial charge in [-0.1, -0.05) is 6.92 Å². The summed E-state index contributed by atoms with van der Waals surface area (Å²) in [6.45, 7) is 3.44. The Balaban J connectivity index is 3.75. The van der Waals surface area contributed by atoms with Crippen molar-refractivity contribution in [2.45, 2.75) is 20.3 Å². The second-order valence-electron chi connectivity index (χ2n) is 3.08. The molecule has 0 aliphatic rings. The Morgan fingerprint density at radius 2 is 2.20 bits per heavy atom. The highest BCUT2D eigenvalue weighted by molar-refractivity contribution is 5.90. The number of aryl methyl sites for hydroxylation is 1. The van der Waals surface area contributed by atoms with E-state index in [9.17, 15) is 9.59 Å². The van der Waals surface area contributed by atoms with Gasteiger partial charge in [0.25, 0.3) is 5.56 Å². The van der Waals surface area contributed by atoms with Gasteiger partial charge < -0.3 is 10.1 Å². The Bertz CT molecular complexity index is 509. The number of H-pyrrole nitrogens is 1. The van der Waals surface area contributed by atoms with E-state index in [1.165, 1.54) is 0 Å². The fraction of sp³-hybridized carbons (Fsp3) is 0.300. The molecule has 0 saturated heterocycles. The number of pyridine rings is 1. The molecule has 0 radical (unpaired) electrons. The molecule has 1 aromatic rings. The van der Waals surface area contributed by atoms with Crippen LogP contribution in [-0.2, 0) is 6.42 Å². The van der Waals surface area contributed by atoms with E-state index >= 15 is 0 Å². The highest BCUT2D eigenvalue weighted by Crippen LogP contribution is 2.13. The third-order valence-corrected chi connectivity index (χ3v) is 2.21. The highest BCUT2D eigenvalue weighted by atomic mass is 16.4. The van der Waals surface area contributed by atoms with E-state index in [2.05, 4.69) is 4.98 Å². The van der Waals surface area contributed by atoms with E-state index in [4.69, 9.17) is 10.4 Å². The molecular formula is C10H10N2O3. The minimum absolute atomic E-state index is 0.0359. The Hall–Kier alpha value is -2.09. The molecule has 1 aromatic heterocycles. The smallest absolute Gasteiger partial charge is 0.342 e. The second-order valence-corrected chi connectivity index (χ2v) is 3.08. The van der Waals surface area contributed by atoms with Gasteiger partial charge in [0.15, 0.2) is 0 Å². The molecule has 78 valence electrons. The monoisotopic (exact) mass is 206 g/mol. The number of hydrogen-bond acceptors (Lipinski definition) is 3. The summed E-state index contributed by atoms with van der Waals surface area (Å²) in [6, 6.07) is 1.78. The number of nitrogens with zero attached hydrogens (tertiary/aromatic N) is 1. The lowest BCUT2D eigenvalue weighted by molar-refractivity contribution is 0.0694. The summed E-state index contributed by atoms with van der Waals surface area (Å²) >= 11 is 0.